The molecule has 9 heteroatoms. The Balaban J connectivity index is 1.54. The van der Waals surface area contributed by atoms with Crippen molar-refractivity contribution in [3.63, 3.8) is 0 Å². The summed E-state index contributed by atoms with van der Waals surface area (Å²) in [6, 6.07) is 11.1. The van der Waals surface area contributed by atoms with E-state index in [4.69, 9.17) is 4.74 Å². The van der Waals surface area contributed by atoms with Gasteiger partial charge >= 0.3 is 6.18 Å². The lowest BCUT2D eigenvalue weighted by atomic mass is 9.62. The van der Waals surface area contributed by atoms with Crippen molar-refractivity contribution in [3.8, 4) is 0 Å². The third kappa shape index (κ3) is 4.66. The van der Waals surface area contributed by atoms with E-state index in [1.807, 2.05) is 0 Å². The van der Waals surface area contributed by atoms with Crippen LogP contribution in [0, 0.1) is 11.2 Å². The molecule has 2 aromatic rings. The van der Waals surface area contributed by atoms with Gasteiger partial charge in [0.15, 0.2) is 6.10 Å². The highest BCUT2D eigenvalue weighted by molar-refractivity contribution is 5.83. The molecule has 0 radical (unpaired) electrons. The van der Waals surface area contributed by atoms with Gasteiger partial charge in [-0.3, -0.25) is 9.59 Å². The largest absolute Gasteiger partial charge is 0.416 e. The smallest absolute Gasteiger partial charge is 0.367 e. The first-order chi connectivity index (χ1) is 16.1. The molecular weight excluding hydrogens is 452 g/mol. The molecule has 2 amide bonds. The van der Waals surface area contributed by atoms with Gasteiger partial charge in [0.25, 0.3) is 5.91 Å². The number of rotatable bonds is 4. The summed E-state index contributed by atoms with van der Waals surface area (Å²) in [7, 11) is 1.22. The van der Waals surface area contributed by atoms with Crippen molar-refractivity contribution in [2.45, 2.75) is 37.5 Å². The average Bonchev–Trinajstić information content (AvgIpc) is 2.80. The Hall–Kier alpha value is -2.94. The second-order valence-corrected chi connectivity index (χ2v) is 8.97. The Morgan fingerprint density at radius 1 is 1.12 bits per heavy atom. The number of nitrogens with one attached hydrogen (secondary N) is 1. The Kier molecular flexibility index (Phi) is 6.66. The van der Waals surface area contributed by atoms with Gasteiger partial charge in [-0.25, -0.2) is 4.39 Å². The number of ether oxygens (including phenoxy) is 1. The summed E-state index contributed by atoms with van der Waals surface area (Å²) in [6.45, 7) is 0.994. The average molecular weight is 478 g/mol. The summed E-state index contributed by atoms with van der Waals surface area (Å²) < 4.78 is 59.2. The Morgan fingerprint density at radius 3 is 2.38 bits per heavy atom. The molecule has 2 fully saturated rings. The third-order valence-corrected chi connectivity index (χ3v) is 7.11. The van der Waals surface area contributed by atoms with E-state index in [2.05, 4.69) is 5.32 Å². The Bertz CT molecular complexity index is 1050. The van der Waals surface area contributed by atoms with Crippen molar-refractivity contribution < 1.29 is 31.9 Å². The number of amides is 2. The van der Waals surface area contributed by atoms with Crippen LogP contribution in [0.1, 0.15) is 48.0 Å². The van der Waals surface area contributed by atoms with Crippen LogP contribution in [0.2, 0.25) is 0 Å². The van der Waals surface area contributed by atoms with Gasteiger partial charge in [0.05, 0.1) is 5.56 Å². The van der Waals surface area contributed by atoms with E-state index in [0.29, 0.717) is 19.4 Å². The minimum atomic E-state index is -4.61. The molecule has 0 saturated carbocycles. The lowest BCUT2D eigenvalue weighted by molar-refractivity contribution is -0.148. The van der Waals surface area contributed by atoms with Crippen molar-refractivity contribution in [1.29, 1.82) is 0 Å². The van der Waals surface area contributed by atoms with E-state index < -0.39 is 29.2 Å². The molecule has 2 atom stereocenters. The molecule has 5 nitrogen and oxygen atoms in total. The Morgan fingerprint density at radius 2 is 1.76 bits per heavy atom. The van der Waals surface area contributed by atoms with Gasteiger partial charge in [-0.05, 0) is 42.0 Å². The predicted molar refractivity (Wildman–Crippen MR) is 116 cm³/mol. The summed E-state index contributed by atoms with van der Waals surface area (Å²) >= 11 is 0. The number of carbonyl (C=O) groups excluding carboxylic acids is 2. The number of nitrogens with zero attached hydrogens (tertiary/aromatic N) is 1. The molecule has 2 aliphatic rings. The van der Waals surface area contributed by atoms with Crippen LogP contribution in [0.3, 0.4) is 0 Å². The monoisotopic (exact) mass is 478 g/mol. The van der Waals surface area contributed by atoms with Crippen molar-refractivity contribution in [1.82, 2.24) is 10.2 Å². The van der Waals surface area contributed by atoms with E-state index in [1.54, 1.807) is 12.1 Å². The van der Waals surface area contributed by atoms with Crippen LogP contribution in [0.15, 0.2) is 48.5 Å². The molecule has 2 saturated heterocycles. The zero-order valence-electron chi connectivity index (χ0n) is 18.7. The van der Waals surface area contributed by atoms with Crippen molar-refractivity contribution >= 4 is 11.8 Å². The van der Waals surface area contributed by atoms with Crippen molar-refractivity contribution in [2.24, 2.45) is 5.41 Å². The summed E-state index contributed by atoms with van der Waals surface area (Å²) in [5, 5.41) is 2.88. The topological polar surface area (TPSA) is 58.6 Å². The molecule has 0 aromatic heterocycles. The lowest BCUT2D eigenvalue weighted by Crippen LogP contribution is -2.53. The quantitative estimate of drug-likeness (QED) is 0.661. The Labute approximate surface area is 195 Å². The maximum Gasteiger partial charge on any atom is 0.416 e. The van der Waals surface area contributed by atoms with Crippen molar-refractivity contribution in [3.05, 3.63) is 71.0 Å². The first-order valence-corrected chi connectivity index (χ1v) is 11.1. The number of methoxy groups -OCH3 is 1. The number of alkyl halides is 3. The highest BCUT2D eigenvalue weighted by atomic mass is 19.4. The summed E-state index contributed by atoms with van der Waals surface area (Å²) in [5.41, 5.74) is -0.619. The summed E-state index contributed by atoms with van der Waals surface area (Å²) in [5.74, 6) is -1.00. The molecule has 2 aliphatic heterocycles. The van der Waals surface area contributed by atoms with Gasteiger partial charge in [0, 0.05) is 44.6 Å². The van der Waals surface area contributed by atoms with Crippen LogP contribution >= 0.6 is 0 Å². The van der Waals surface area contributed by atoms with Crippen LogP contribution in [0.25, 0.3) is 0 Å². The van der Waals surface area contributed by atoms with Gasteiger partial charge in [-0.2, -0.15) is 13.2 Å². The van der Waals surface area contributed by atoms with Gasteiger partial charge in [0.2, 0.25) is 5.91 Å². The number of piperidine rings is 2. The van der Waals surface area contributed by atoms with Crippen LogP contribution in [-0.4, -0.2) is 43.5 Å². The number of benzene rings is 2. The van der Waals surface area contributed by atoms with Gasteiger partial charge in [-0.15, -0.1) is 0 Å². The lowest BCUT2D eigenvalue weighted by Gasteiger charge is -2.49. The molecule has 1 N–H and O–H groups in total. The first kappa shape index (κ1) is 24.2. The van der Waals surface area contributed by atoms with Crippen LogP contribution in [-0.2, 0) is 20.5 Å². The van der Waals surface area contributed by atoms with Crippen LogP contribution in [0.5, 0.6) is 0 Å². The number of halogens is 4. The molecule has 0 bridgehead atoms. The normalized spacial score (nSPS) is 21.3. The van der Waals surface area contributed by atoms with E-state index >= 15 is 0 Å². The van der Waals surface area contributed by atoms with Crippen molar-refractivity contribution in [2.75, 3.05) is 26.7 Å². The highest BCUT2D eigenvalue weighted by Gasteiger charge is 2.47. The fraction of sp³-hybridized carbons (Fsp3) is 0.440. The predicted octanol–water partition coefficient (Wildman–Crippen LogP) is 4.44. The van der Waals surface area contributed by atoms with E-state index in [9.17, 15) is 27.2 Å². The minimum Gasteiger partial charge on any atom is -0.367 e. The molecule has 1 spiro atoms. The second-order valence-electron chi connectivity index (χ2n) is 8.97. The summed E-state index contributed by atoms with van der Waals surface area (Å²) in [6.07, 6.45) is -4.70. The first-order valence-electron chi connectivity index (χ1n) is 11.1. The fourth-order valence-corrected chi connectivity index (χ4v) is 5.31. The molecule has 0 unspecified atom stereocenters. The van der Waals surface area contributed by atoms with E-state index in [1.165, 1.54) is 42.3 Å². The number of likely N-dealkylation sites (tertiary alicyclic amines) is 1. The number of hydrogen-bond donors (Lipinski definition) is 1. The zero-order chi connectivity index (χ0) is 24.5. The standard InChI is InChI=1S/C25H26F4N2O3/c1-34-22(18-4-2-3-5-19(18)25(27,28)29)23(33)31-12-10-24(11-13-31)14-21(32)30-15-20(24)16-6-8-17(26)9-7-16/h2-9,20,22H,10-15H2,1H3,(H,30,32)/t20-,22-/m0/s1. The van der Waals surface area contributed by atoms with Gasteiger partial charge in [0.1, 0.15) is 5.82 Å². The maximum absolute atomic E-state index is 13.5. The number of hydrogen-bond acceptors (Lipinski definition) is 3. The molecule has 4 rings (SSSR count). The molecule has 2 aromatic carbocycles. The maximum atomic E-state index is 13.5. The van der Waals surface area contributed by atoms with E-state index in [0.717, 1.165) is 11.6 Å². The molecule has 182 valence electrons. The fourth-order valence-electron chi connectivity index (χ4n) is 5.31. The molecule has 0 aliphatic carbocycles. The molecular formula is C25H26F4N2O3. The third-order valence-electron chi connectivity index (χ3n) is 7.11. The molecule has 2 heterocycles. The highest BCUT2D eigenvalue weighted by Crippen LogP contribution is 2.49. The van der Waals surface area contributed by atoms with Crippen LogP contribution in [0.4, 0.5) is 17.6 Å². The minimum absolute atomic E-state index is 0.0489. The molecule has 34 heavy (non-hydrogen) atoms. The zero-order valence-corrected chi connectivity index (χ0v) is 18.7. The second kappa shape index (κ2) is 9.37. The summed E-state index contributed by atoms with van der Waals surface area (Å²) in [4.78, 5) is 27.0. The number of carbonyl (C=O) groups is 2. The van der Waals surface area contributed by atoms with Gasteiger partial charge < -0.3 is 15.0 Å². The van der Waals surface area contributed by atoms with Gasteiger partial charge in [-0.1, -0.05) is 30.3 Å². The van der Waals surface area contributed by atoms with E-state index in [-0.39, 0.29) is 42.7 Å². The SMILES string of the molecule is CO[C@H](C(=O)N1CCC2(CC1)CC(=O)NC[C@H]2c1ccc(F)cc1)c1ccccc1C(F)(F)F. The van der Waals surface area contributed by atoms with Crippen LogP contribution < -0.4 is 5.32 Å².